The average molecular weight is 282 g/mol. The van der Waals surface area contributed by atoms with Crippen molar-refractivity contribution in [3.05, 3.63) is 28.2 Å². The predicted octanol–water partition coefficient (Wildman–Crippen LogP) is 2.72. The first-order valence-electron chi connectivity index (χ1n) is 5.50. The van der Waals surface area contributed by atoms with E-state index in [1.807, 2.05) is 18.2 Å². The van der Waals surface area contributed by atoms with Gasteiger partial charge in [-0.25, -0.2) is 0 Å². The van der Waals surface area contributed by atoms with Gasteiger partial charge in [-0.1, -0.05) is 0 Å². The predicted molar refractivity (Wildman–Crippen MR) is 71.2 cm³/mol. The number of nitrogens with one attached hydrogen (secondary N) is 1. The molecule has 1 saturated heterocycles. The van der Waals surface area contributed by atoms with Crippen LogP contribution >= 0.6 is 15.9 Å². The van der Waals surface area contributed by atoms with Crippen molar-refractivity contribution in [1.29, 1.82) is 5.41 Å². The van der Waals surface area contributed by atoms with E-state index in [0.717, 1.165) is 16.6 Å². The number of hydrogen-bond donors (Lipinski definition) is 2. The quantitative estimate of drug-likeness (QED) is 0.647. The summed E-state index contributed by atoms with van der Waals surface area (Å²) in [5.74, 6) is 0.113. The van der Waals surface area contributed by atoms with Gasteiger partial charge in [-0.2, -0.15) is 0 Å². The summed E-state index contributed by atoms with van der Waals surface area (Å²) in [7, 11) is 0. The number of nitrogen functional groups attached to an aromatic ring is 1. The molecular weight excluding hydrogens is 266 g/mol. The largest absolute Gasteiger partial charge is 0.384 e. The summed E-state index contributed by atoms with van der Waals surface area (Å²) >= 11 is 3.56. The highest BCUT2D eigenvalue weighted by atomic mass is 79.9. The molecule has 3 N–H and O–H groups in total. The van der Waals surface area contributed by atoms with Crippen molar-refractivity contribution >= 4 is 27.5 Å². The maximum Gasteiger partial charge on any atom is 0.122 e. The number of nitrogens with two attached hydrogens (primary N) is 1. The highest BCUT2D eigenvalue weighted by Gasteiger charge is 2.22. The van der Waals surface area contributed by atoms with Crippen molar-refractivity contribution in [3.63, 3.8) is 0 Å². The van der Waals surface area contributed by atoms with Gasteiger partial charge in [-0.15, -0.1) is 0 Å². The summed E-state index contributed by atoms with van der Waals surface area (Å²) in [6, 6.07) is 6.47. The second kappa shape index (κ2) is 4.45. The Balaban J connectivity index is 2.32. The first kappa shape index (κ1) is 11.5. The van der Waals surface area contributed by atoms with Gasteiger partial charge in [0.1, 0.15) is 5.84 Å². The molecule has 0 aromatic heterocycles. The van der Waals surface area contributed by atoms with Crippen molar-refractivity contribution in [2.45, 2.75) is 25.8 Å². The Labute approximate surface area is 104 Å². The molecular formula is C12H16BrN3. The van der Waals surface area contributed by atoms with Gasteiger partial charge in [0, 0.05) is 22.6 Å². The number of hydrogen-bond acceptors (Lipinski definition) is 2. The Morgan fingerprint density at radius 1 is 1.56 bits per heavy atom. The number of benzene rings is 1. The van der Waals surface area contributed by atoms with Crippen LogP contribution in [0.2, 0.25) is 0 Å². The summed E-state index contributed by atoms with van der Waals surface area (Å²) in [6.07, 6.45) is 2.50. The monoisotopic (exact) mass is 281 g/mol. The van der Waals surface area contributed by atoms with Gasteiger partial charge in [0.15, 0.2) is 0 Å². The van der Waals surface area contributed by atoms with E-state index in [0.29, 0.717) is 6.04 Å². The van der Waals surface area contributed by atoms with Crippen molar-refractivity contribution in [1.82, 2.24) is 0 Å². The van der Waals surface area contributed by atoms with Gasteiger partial charge in [-0.3, -0.25) is 5.41 Å². The van der Waals surface area contributed by atoms with Gasteiger partial charge >= 0.3 is 0 Å². The lowest BCUT2D eigenvalue weighted by molar-refractivity contribution is 0.734. The van der Waals surface area contributed by atoms with E-state index < -0.39 is 0 Å². The average Bonchev–Trinajstić information content (AvgIpc) is 2.64. The molecule has 1 aliphatic rings. The van der Waals surface area contributed by atoms with Gasteiger partial charge in [0.2, 0.25) is 0 Å². The highest BCUT2D eigenvalue weighted by Crippen LogP contribution is 2.32. The van der Waals surface area contributed by atoms with Crippen LogP contribution in [0.1, 0.15) is 25.3 Å². The molecule has 1 heterocycles. The summed E-state index contributed by atoms with van der Waals surface area (Å²) in [5.41, 5.74) is 7.43. The summed E-state index contributed by atoms with van der Waals surface area (Å²) < 4.78 is 1.02. The van der Waals surface area contributed by atoms with Crippen LogP contribution in [0.15, 0.2) is 22.7 Å². The minimum Gasteiger partial charge on any atom is -0.384 e. The van der Waals surface area contributed by atoms with Crippen LogP contribution in [0, 0.1) is 5.41 Å². The minimum atomic E-state index is 0.113. The standard InChI is InChI=1S/C12H16BrN3/c1-8-3-2-6-16(8)11-5-4-9(12(14)15)7-10(11)13/h4-5,7-8H,2-3,6H2,1H3,(H3,14,15). The topological polar surface area (TPSA) is 53.1 Å². The van der Waals surface area contributed by atoms with Crippen molar-refractivity contribution < 1.29 is 0 Å². The van der Waals surface area contributed by atoms with E-state index in [9.17, 15) is 0 Å². The molecule has 1 fully saturated rings. The first-order chi connectivity index (χ1) is 7.59. The molecule has 1 atom stereocenters. The Kier molecular flexibility index (Phi) is 3.19. The normalized spacial score (nSPS) is 20.1. The van der Waals surface area contributed by atoms with Crippen LogP contribution in [0.4, 0.5) is 5.69 Å². The molecule has 0 saturated carbocycles. The molecule has 1 unspecified atom stereocenters. The maximum atomic E-state index is 7.39. The van der Waals surface area contributed by atoms with E-state index in [2.05, 4.69) is 27.8 Å². The second-order valence-corrected chi connectivity index (χ2v) is 5.12. The maximum absolute atomic E-state index is 7.39. The van der Waals surface area contributed by atoms with E-state index in [4.69, 9.17) is 11.1 Å². The molecule has 0 spiro atoms. The number of anilines is 1. The lowest BCUT2D eigenvalue weighted by Gasteiger charge is -2.25. The van der Waals surface area contributed by atoms with Gasteiger partial charge in [-0.05, 0) is 53.9 Å². The smallest absolute Gasteiger partial charge is 0.122 e. The molecule has 0 bridgehead atoms. The molecule has 1 aliphatic heterocycles. The summed E-state index contributed by atoms with van der Waals surface area (Å²) in [5, 5.41) is 7.39. The minimum absolute atomic E-state index is 0.113. The molecule has 16 heavy (non-hydrogen) atoms. The highest BCUT2D eigenvalue weighted by molar-refractivity contribution is 9.10. The molecule has 2 rings (SSSR count). The molecule has 0 amide bonds. The van der Waals surface area contributed by atoms with Crippen LogP contribution in [0.5, 0.6) is 0 Å². The van der Waals surface area contributed by atoms with Crippen LogP contribution < -0.4 is 10.6 Å². The van der Waals surface area contributed by atoms with Crippen molar-refractivity contribution in [2.24, 2.45) is 5.73 Å². The SMILES string of the molecule is CC1CCCN1c1ccc(C(=N)N)cc1Br. The molecule has 1 aromatic rings. The third-order valence-electron chi connectivity index (χ3n) is 3.12. The van der Waals surface area contributed by atoms with Gasteiger partial charge in [0.25, 0.3) is 0 Å². The number of amidine groups is 1. The third kappa shape index (κ3) is 2.07. The van der Waals surface area contributed by atoms with Gasteiger partial charge < -0.3 is 10.6 Å². The van der Waals surface area contributed by atoms with Gasteiger partial charge in [0.05, 0.1) is 5.69 Å². The zero-order valence-corrected chi connectivity index (χ0v) is 10.9. The molecule has 3 nitrogen and oxygen atoms in total. The Hall–Kier alpha value is -1.03. The van der Waals surface area contributed by atoms with Crippen molar-refractivity contribution in [2.75, 3.05) is 11.4 Å². The summed E-state index contributed by atoms with van der Waals surface area (Å²) in [6.45, 7) is 3.36. The van der Waals surface area contributed by atoms with Crippen LogP contribution in [-0.2, 0) is 0 Å². The van der Waals surface area contributed by atoms with E-state index in [1.54, 1.807) is 0 Å². The Bertz CT molecular complexity index is 417. The lowest BCUT2D eigenvalue weighted by atomic mass is 10.1. The molecule has 86 valence electrons. The molecule has 0 radical (unpaired) electrons. The second-order valence-electron chi connectivity index (χ2n) is 4.26. The number of halogens is 1. The van der Waals surface area contributed by atoms with Crippen LogP contribution in [-0.4, -0.2) is 18.4 Å². The fourth-order valence-corrected chi connectivity index (χ4v) is 2.81. The first-order valence-corrected chi connectivity index (χ1v) is 6.29. The van der Waals surface area contributed by atoms with E-state index in [1.165, 1.54) is 18.5 Å². The molecule has 4 heteroatoms. The molecule has 1 aromatic carbocycles. The van der Waals surface area contributed by atoms with Crippen molar-refractivity contribution in [3.8, 4) is 0 Å². The third-order valence-corrected chi connectivity index (χ3v) is 3.76. The number of rotatable bonds is 2. The lowest BCUT2D eigenvalue weighted by Crippen LogP contribution is -2.26. The van der Waals surface area contributed by atoms with E-state index in [-0.39, 0.29) is 5.84 Å². The fourth-order valence-electron chi connectivity index (χ4n) is 2.20. The Morgan fingerprint density at radius 3 is 2.81 bits per heavy atom. The molecule has 0 aliphatic carbocycles. The summed E-state index contributed by atoms with van der Waals surface area (Å²) in [4.78, 5) is 2.40. The zero-order chi connectivity index (χ0) is 11.7. The fraction of sp³-hybridized carbons (Fsp3) is 0.417. The van der Waals surface area contributed by atoms with Crippen LogP contribution in [0.3, 0.4) is 0 Å². The Morgan fingerprint density at radius 2 is 2.31 bits per heavy atom. The van der Waals surface area contributed by atoms with E-state index >= 15 is 0 Å². The number of nitrogens with zero attached hydrogens (tertiary/aromatic N) is 1. The van der Waals surface area contributed by atoms with Crippen LogP contribution in [0.25, 0.3) is 0 Å². The zero-order valence-electron chi connectivity index (χ0n) is 9.33.